The van der Waals surface area contributed by atoms with Crippen molar-refractivity contribution in [3.8, 4) is 0 Å². The van der Waals surface area contributed by atoms with Crippen molar-refractivity contribution in [2.24, 2.45) is 11.8 Å². The Balaban J connectivity index is 0. The van der Waals surface area contributed by atoms with Crippen molar-refractivity contribution < 1.29 is 12.4 Å². The first kappa shape index (κ1) is 16.2. The van der Waals surface area contributed by atoms with E-state index in [2.05, 4.69) is 10.6 Å². The molecule has 1 aromatic carbocycles. The zero-order valence-electron chi connectivity index (χ0n) is 12.7. The van der Waals surface area contributed by atoms with Gasteiger partial charge in [0.2, 0.25) is 11.8 Å². The van der Waals surface area contributed by atoms with Crippen molar-refractivity contribution >= 4 is 11.8 Å². The summed E-state index contributed by atoms with van der Waals surface area (Å²) in [6.45, 7) is 8.51. The quantitative estimate of drug-likeness (QED) is 0.841. The molecule has 0 saturated carbocycles. The molecule has 2 amide bonds. The maximum atomic E-state index is 11.5. The monoisotopic (exact) mass is 280 g/mol. The van der Waals surface area contributed by atoms with Crippen LogP contribution in [-0.4, -0.2) is 11.8 Å². The Morgan fingerprint density at radius 2 is 1.35 bits per heavy atom. The zero-order chi connectivity index (χ0) is 15.1. The molecule has 20 heavy (non-hydrogen) atoms. The third-order valence-corrected chi connectivity index (χ3v) is 2.97. The number of amides is 2. The van der Waals surface area contributed by atoms with Gasteiger partial charge in [0.15, 0.2) is 0 Å². The van der Waals surface area contributed by atoms with Gasteiger partial charge in [0.1, 0.15) is 0 Å². The highest BCUT2D eigenvalue weighted by Gasteiger charge is 2.07. The molecule has 0 aliphatic carbocycles. The van der Waals surface area contributed by atoms with Crippen molar-refractivity contribution in [2.45, 2.75) is 40.8 Å². The van der Waals surface area contributed by atoms with Gasteiger partial charge in [0, 0.05) is 27.8 Å². The standard InChI is InChI=1S/C16H24N2O2.2H2/c1-11(2)15(19)17-9-13-6-5-7-14(8-13)10-18-16(20)12(3)4;;/h5-8,11-12H,9-10H2,1-4H3,(H,17,19)(H,18,20);2*1H. The van der Waals surface area contributed by atoms with Gasteiger partial charge in [-0.2, -0.15) is 0 Å². The molecule has 1 aromatic rings. The van der Waals surface area contributed by atoms with E-state index in [0.29, 0.717) is 13.1 Å². The lowest BCUT2D eigenvalue weighted by atomic mass is 10.1. The second-order valence-corrected chi connectivity index (χ2v) is 5.56. The van der Waals surface area contributed by atoms with Gasteiger partial charge >= 0.3 is 0 Å². The van der Waals surface area contributed by atoms with Gasteiger partial charge in [-0.25, -0.2) is 0 Å². The third-order valence-electron chi connectivity index (χ3n) is 2.97. The molecule has 0 atom stereocenters. The molecule has 0 unspecified atom stereocenters. The lowest BCUT2D eigenvalue weighted by molar-refractivity contribution is -0.124. The Morgan fingerprint density at radius 3 is 1.70 bits per heavy atom. The largest absolute Gasteiger partial charge is 0.352 e. The average molecular weight is 280 g/mol. The summed E-state index contributed by atoms with van der Waals surface area (Å²) in [5, 5.41) is 5.76. The Hall–Kier alpha value is -1.84. The summed E-state index contributed by atoms with van der Waals surface area (Å²) in [6, 6.07) is 7.87. The van der Waals surface area contributed by atoms with Crippen LogP contribution in [0.2, 0.25) is 0 Å². The van der Waals surface area contributed by atoms with E-state index in [1.807, 2.05) is 52.0 Å². The molecule has 0 fully saturated rings. The van der Waals surface area contributed by atoms with Crippen LogP contribution in [0.15, 0.2) is 24.3 Å². The number of benzene rings is 1. The summed E-state index contributed by atoms with van der Waals surface area (Å²) in [6.07, 6.45) is 0. The van der Waals surface area contributed by atoms with Gasteiger partial charge in [-0.3, -0.25) is 9.59 Å². The first-order valence-electron chi connectivity index (χ1n) is 7.03. The molecule has 4 heteroatoms. The second-order valence-electron chi connectivity index (χ2n) is 5.56. The van der Waals surface area contributed by atoms with Crippen molar-refractivity contribution in [2.75, 3.05) is 0 Å². The molecule has 0 aliphatic rings. The summed E-state index contributed by atoms with van der Waals surface area (Å²) < 4.78 is 0. The molecule has 2 N–H and O–H groups in total. The van der Waals surface area contributed by atoms with E-state index < -0.39 is 0 Å². The second kappa shape index (κ2) is 7.68. The van der Waals surface area contributed by atoms with Crippen molar-refractivity contribution in [3.63, 3.8) is 0 Å². The van der Waals surface area contributed by atoms with E-state index in [1.165, 1.54) is 0 Å². The van der Waals surface area contributed by atoms with Crippen LogP contribution in [0, 0.1) is 11.8 Å². The fraction of sp³-hybridized carbons (Fsp3) is 0.500. The van der Waals surface area contributed by atoms with Crippen LogP contribution in [0.3, 0.4) is 0 Å². The van der Waals surface area contributed by atoms with Crippen LogP contribution in [0.5, 0.6) is 0 Å². The van der Waals surface area contributed by atoms with Gasteiger partial charge < -0.3 is 10.6 Å². The number of carbonyl (C=O) groups is 2. The Morgan fingerprint density at radius 1 is 0.950 bits per heavy atom. The van der Waals surface area contributed by atoms with E-state index in [0.717, 1.165) is 11.1 Å². The Labute approximate surface area is 123 Å². The molecule has 1 rings (SSSR count). The van der Waals surface area contributed by atoms with Crippen LogP contribution in [0.1, 0.15) is 41.7 Å². The fourth-order valence-electron chi connectivity index (χ4n) is 1.64. The zero-order valence-corrected chi connectivity index (χ0v) is 12.7. The summed E-state index contributed by atoms with van der Waals surface area (Å²) in [4.78, 5) is 23.0. The van der Waals surface area contributed by atoms with E-state index in [4.69, 9.17) is 0 Å². The predicted octanol–water partition coefficient (Wildman–Crippen LogP) is 2.72. The van der Waals surface area contributed by atoms with E-state index in [9.17, 15) is 9.59 Å². The topological polar surface area (TPSA) is 58.2 Å². The number of rotatable bonds is 6. The maximum Gasteiger partial charge on any atom is 0.222 e. The number of hydrogen-bond acceptors (Lipinski definition) is 2. The van der Waals surface area contributed by atoms with Crippen LogP contribution in [0.4, 0.5) is 0 Å². The average Bonchev–Trinajstić information content (AvgIpc) is 2.42. The first-order chi connectivity index (χ1) is 9.40. The van der Waals surface area contributed by atoms with Crippen LogP contribution >= 0.6 is 0 Å². The van der Waals surface area contributed by atoms with Gasteiger partial charge in [-0.15, -0.1) is 0 Å². The Kier molecular flexibility index (Phi) is 6.22. The summed E-state index contributed by atoms with van der Waals surface area (Å²) in [5.74, 6) is 0.0686. The van der Waals surface area contributed by atoms with Gasteiger partial charge in [-0.05, 0) is 11.1 Å². The van der Waals surface area contributed by atoms with E-state index >= 15 is 0 Å². The SMILES string of the molecule is CC(C)C(=O)NCc1cccc(CNC(=O)C(C)C)c1.[HH].[HH]. The smallest absolute Gasteiger partial charge is 0.222 e. The minimum absolute atomic E-state index is 0. The molecule has 0 spiro atoms. The molecule has 0 bridgehead atoms. The first-order valence-corrected chi connectivity index (χ1v) is 7.03. The molecule has 0 heterocycles. The van der Waals surface area contributed by atoms with Gasteiger partial charge in [0.05, 0.1) is 0 Å². The molecular weight excluding hydrogens is 252 g/mol. The summed E-state index contributed by atoms with van der Waals surface area (Å²) in [5.41, 5.74) is 2.07. The molecule has 0 radical (unpaired) electrons. The highest BCUT2D eigenvalue weighted by atomic mass is 16.2. The minimum atomic E-state index is -0.0106. The lowest BCUT2D eigenvalue weighted by Crippen LogP contribution is -2.28. The number of nitrogens with one attached hydrogen (secondary N) is 2. The minimum Gasteiger partial charge on any atom is -0.352 e. The summed E-state index contributed by atoms with van der Waals surface area (Å²) >= 11 is 0. The number of carbonyl (C=O) groups excluding carboxylic acids is 2. The van der Waals surface area contributed by atoms with Gasteiger partial charge in [0.25, 0.3) is 0 Å². The predicted molar refractivity (Wildman–Crippen MR) is 84.0 cm³/mol. The van der Waals surface area contributed by atoms with E-state index in [1.54, 1.807) is 0 Å². The molecule has 0 aliphatic heterocycles. The number of hydrogen-bond donors (Lipinski definition) is 2. The van der Waals surface area contributed by atoms with Crippen LogP contribution in [0.25, 0.3) is 0 Å². The Bertz CT molecular complexity index is 438. The highest BCUT2D eigenvalue weighted by Crippen LogP contribution is 2.06. The fourth-order valence-corrected chi connectivity index (χ4v) is 1.64. The van der Waals surface area contributed by atoms with Crippen molar-refractivity contribution in [1.29, 1.82) is 0 Å². The normalized spacial score (nSPS) is 10.7. The van der Waals surface area contributed by atoms with Crippen molar-refractivity contribution in [1.82, 2.24) is 10.6 Å². The maximum absolute atomic E-state index is 11.5. The summed E-state index contributed by atoms with van der Waals surface area (Å²) in [7, 11) is 0. The van der Waals surface area contributed by atoms with Crippen LogP contribution < -0.4 is 10.6 Å². The molecule has 114 valence electrons. The van der Waals surface area contributed by atoms with Crippen LogP contribution in [-0.2, 0) is 22.7 Å². The molecular formula is C16H28N2O2. The van der Waals surface area contributed by atoms with Crippen molar-refractivity contribution in [3.05, 3.63) is 35.4 Å². The highest BCUT2D eigenvalue weighted by molar-refractivity contribution is 5.78. The van der Waals surface area contributed by atoms with E-state index in [-0.39, 0.29) is 26.5 Å². The molecule has 0 saturated heterocycles. The third kappa shape index (κ3) is 5.43. The lowest BCUT2D eigenvalue weighted by Gasteiger charge is -2.10. The van der Waals surface area contributed by atoms with Gasteiger partial charge in [-0.1, -0.05) is 52.0 Å². The molecule has 0 aromatic heterocycles. The molecule has 4 nitrogen and oxygen atoms in total.